The molecule has 0 heterocycles. The maximum absolute atomic E-state index is 10.3. The van der Waals surface area contributed by atoms with Crippen LogP contribution in [0.5, 0.6) is 5.75 Å². The third kappa shape index (κ3) is 5.21. The quantitative estimate of drug-likeness (QED) is 0.759. The minimum atomic E-state index is -0.724. The zero-order valence-electron chi connectivity index (χ0n) is 12.6. The van der Waals surface area contributed by atoms with Crippen LogP contribution in [0.1, 0.15) is 46.1 Å². The number of para-hydroxylation sites is 1. The van der Waals surface area contributed by atoms with Gasteiger partial charge in [0.05, 0.1) is 5.60 Å². The van der Waals surface area contributed by atoms with Crippen molar-refractivity contribution in [1.29, 1.82) is 0 Å². The van der Waals surface area contributed by atoms with E-state index in [1.165, 1.54) is 0 Å². The standard InChI is InChI=1S/C16H27NO2/c1-5-16(18,6-2)12-19-15-10-8-7-9-14(15)11-17-13(3)4/h7-10,13,17-18H,5-6,11-12H2,1-4H3. The lowest BCUT2D eigenvalue weighted by atomic mass is 9.99. The number of hydrogen-bond acceptors (Lipinski definition) is 3. The summed E-state index contributed by atoms with van der Waals surface area (Å²) in [7, 11) is 0. The summed E-state index contributed by atoms with van der Waals surface area (Å²) >= 11 is 0. The van der Waals surface area contributed by atoms with Crippen LogP contribution in [0.3, 0.4) is 0 Å². The molecule has 0 bridgehead atoms. The minimum Gasteiger partial charge on any atom is -0.490 e. The van der Waals surface area contributed by atoms with Gasteiger partial charge in [0.25, 0.3) is 0 Å². The molecule has 0 aliphatic carbocycles. The number of aliphatic hydroxyl groups is 1. The van der Waals surface area contributed by atoms with Crippen LogP contribution in [-0.4, -0.2) is 23.4 Å². The fourth-order valence-corrected chi connectivity index (χ4v) is 1.77. The molecule has 0 radical (unpaired) electrons. The highest BCUT2D eigenvalue weighted by atomic mass is 16.5. The average molecular weight is 265 g/mol. The third-order valence-corrected chi connectivity index (χ3v) is 3.49. The Hall–Kier alpha value is -1.06. The highest BCUT2D eigenvalue weighted by Crippen LogP contribution is 2.22. The number of hydrogen-bond donors (Lipinski definition) is 2. The molecule has 0 aliphatic rings. The highest BCUT2D eigenvalue weighted by molar-refractivity contribution is 5.33. The lowest BCUT2D eigenvalue weighted by Crippen LogP contribution is -2.34. The second-order valence-electron chi connectivity index (χ2n) is 5.36. The zero-order valence-corrected chi connectivity index (χ0v) is 12.6. The van der Waals surface area contributed by atoms with Crippen molar-refractivity contribution in [2.45, 2.75) is 58.7 Å². The molecule has 3 nitrogen and oxygen atoms in total. The molecule has 2 N–H and O–H groups in total. The Bertz CT molecular complexity index is 373. The largest absolute Gasteiger partial charge is 0.490 e. The summed E-state index contributed by atoms with van der Waals surface area (Å²) in [6, 6.07) is 8.43. The predicted octanol–water partition coefficient (Wildman–Crippen LogP) is 3.11. The fourth-order valence-electron chi connectivity index (χ4n) is 1.77. The molecule has 0 atom stereocenters. The molecule has 1 aromatic rings. The van der Waals surface area contributed by atoms with Gasteiger partial charge in [0, 0.05) is 18.2 Å². The molecule has 0 amide bonds. The second-order valence-corrected chi connectivity index (χ2v) is 5.36. The Morgan fingerprint density at radius 3 is 2.42 bits per heavy atom. The van der Waals surface area contributed by atoms with Crippen LogP contribution in [0.15, 0.2) is 24.3 Å². The van der Waals surface area contributed by atoms with E-state index >= 15 is 0 Å². The molecular weight excluding hydrogens is 238 g/mol. The first-order valence-electron chi connectivity index (χ1n) is 7.17. The SMILES string of the molecule is CCC(O)(CC)COc1ccccc1CNC(C)C. The summed E-state index contributed by atoms with van der Waals surface area (Å²) in [5.41, 5.74) is 0.407. The van der Waals surface area contributed by atoms with Gasteiger partial charge in [-0.3, -0.25) is 0 Å². The van der Waals surface area contributed by atoms with Crippen LogP contribution in [0.4, 0.5) is 0 Å². The first kappa shape index (κ1) is 16.0. The van der Waals surface area contributed by atoms with Crippen LogP contribution in [0.2, 0.25) is 0 Å². The number of nitrogens with one attached hydrogen (secondary N) is 1. The number of benzene rings is 1. The molecule has 0 saturated carbocycles. The molecule has 0 aromatic heterocycles. The van der Waals surface area contributed by atoms with Crippen molar-refractivity contribution >= 4 is 0 Å². The fraction of sp³-hybridized carbons (Fsp3) is 0.625. The van der Waals surface area contributed by atoms with Gasteiger partial charge in [0.15, 0.2) is 0 Å². The van der Waals surface area contributed by atoms with E-state index in [2.05, 4.69) is 25.2 Å². The molecule has 1 aromatic carbocycles. The summed E-state index contributed by atoms with van der Waals surface area (Å²) in [6.07, 6.45) is 1.41. The predicted molar refractivity (Wildman–Crippen MR) is 79.4 cm³/mol. The molecule has 19 heavy (non-hydrogen) atoms. The second kappa shape index (κ2) is 7.51. The van der Waals surface area contributed by atoms with Gasteiger partial charge in [-0.15, -0.1) is 0 Å². The zero-order chi connectivity index (χ0) is 14.3. The first-order chi connectivity index (χ1) is 9.00. The minimum absolute atomic E-state index is 0.346. The molecule has 0 unspecified atom stereocenters. The molecule has 108 valence electrons. The maximum Gasteiger partial charge on any atom is 0.123 e. The van der Waals surface area contributed by atoms with Gasteiger partial charge in [0.2, 0.25) is 0 Å². The smallest absolute Gasteiger partial charge is 0.123 e. The normalized spacial score (nSPS) is 11.9. The number of ether oxygens (including phenoxy) is 1. The third-order valence-electron chi connectivity index (χ3n) is 3.49. The maximum atomic E-state index is 10.3. The summed E-state index contributed by atoms with van der Waals surface area (Å²) in [5.74, 6) is 0.857. The van der Waals surface area contributed by atoms with E-state index in [1.54, 1.807) is 0 Å². The topological polar surface area (TPSA) is 41.5 Å². The van der Waals surface area contributed by atoms with Gasteiger partial charge < -0.3 is 15.2 Å². The van der Waals surface area contributed by atoms with E-state index in [9.17, 15) is 5.11 Å². The average Bonchev–Trinajstić information content (AvgIpc) is 2.43. The highest BCUT2D eigenvalue weighted by Gasteiger charge is 2.23. The molecule has 0 fully saturated rings. The van der Waals surface area contributed by atoms with E-state index in [4.69, 9.17) is 4.74 Å². The monoisotopic (exact) mass is 265 g/mol. The van der Waals surface area contributed by atoms with Crippen molar-refractivity contribution in [2.75, 3.05) is 6.61 Å². The number of rotatable bonds is 8. The summed E-state index contributed by atoms with van der Waals surface area (Å²) in [6.45, 7) is 9.34. The molecule has 3 heteroatoms. The van der Waals surface area contributed by atoms with Crippen LogP contribution >= 0.6 is 0 Å². The van der Waals surface area contributed by atoms with Gasteiger partial charge in [-0.25, -0.2) is 0 Å². The Balaban J connectivity index is 2.67. The van der Waals surface area contributed by atoms with Crippen molar-refractivity contribution < 1.29 is 9.84 Å². The Labute approximate surface area is 117 Å². The van der Waals surface area contributed by atoms with Crippen LogP contribution < -0.4 is 10.1 Å². The molecule has 0 spiro atoms. The molecule has 1 rings (SSSR count). The van der Waals surface area contributed by atoms with Crippen molar-refractivity contribution in [3.05, 3.63) is 29.8 Å². The van der Waals surface area contributed by atoms with E-state index in [1.807, 2.05) is 32.0 Å². The van der Waals surface area contributed by atoms with Gasteiger partial charge in [0.1, 0.15) is 12.4 Å². The Morgan fingerprint density at radius 2 is 1.84 bits per heavy atom. The van der Waals surface area contributed by atoms with E-state index < -0.39 is 5.60 Å². The van der Waals surface area contributed by atoms with Gasteiger partial charge in [-0.2, -0.15) is 0 Å². The molecule has 0 aliphatic heterocycles. The molecular formula is C16H27NO2. The summed E-state index contributed by atoms with van der Waals surface area (Å²) in [5, 5.41) is 13.6. The van der Waals surface area contributed by atoms with Crippen molar-refractivity contribution in [3.63, 3.8) is 0 Å². The summed E-state index contributed by atoms with van der Waals surface area (Å²) in [4.78, 5) is 0. The van der Waals surface area contributed by atoms with Crippen LogP contribution in [-0.2, 0) is 6.54 Å². The Kier molecular flexibility index (Phi) is 6.32. The van der Waals surface area contributed by atoms with Crippen LogP contribution in [0.25, 0.3) is 0 Å². The Morgan fingerprint density at radius 1 is 1.21 bits per heavy atom. The summed E-state index contributed by atoms with van der Waals surface area (Å²) < 4.78 is 5.83. The lowest BCUT2D eigenvalue weighted by Gasteiger charge is -2.26. The van der Waals surface area contributed by atoms with Gasteiger partial charge in [-0.1, -0.05) is 45.9 Å². The van der Waals surface area contributed by atoms with Crippen LogP contribution in [0, 0.1) is 0 Å². The molecule has 0 saturated heterocycles. The lowest BCUT2D eigenvalue weighted by molar-refractivity contribution is -0.0116. The van der Waals surface area contributed by atoms with Gasteiger partial charge >= 0.3 is 0 Å². The first-order valence-corrected chi connectivity index (χ1v) is 7.17. The van der Waals surface area contributed by atoms with E-state index in [0.717, 1.165) is 17.9 Å². The van der Waals surface area contributed by atoms with E-state index in [0.29, 0.717) is 25.5 Å². The van der Waals surface area contributed by atoms with Gasteiger partial charge in [-0.05, 0) is 18.9 Å². The van der Waals surface area contributed by atoms with E-state index in [-0.39, 0.29) is 0 Å². The van der Waals surface area contributed by atoms with Crippen molar-refractivity contribution in [2.24, 2.45) is 0 Å². The van der Waals surface area contributed by atoms with Crippen molar-refractivity contribution in [3.8, 4) is 5.75 Å². The van der Waals surface area contributed by atoms with Crippen molar-refractivity contribution in [1.82, 2.24) is 5.32 Å².